The van der Waals surface area contributed by atoms with E-state index in [2.05, 4.69) is 4.98 Å². The van der Waals surface area contributed by atoms with Gasteiger partial charge in [-0.2, -0.15) is 0 Å². The number of halogens is 1. The number of carbonyl (C=O) groups excluding carboxylic acids is 1. The average Bonchev–Trinajstić information content (AvgIpc) is 3.11. The summed E-state index contributed by atoms with van der Waals surface area (Å²) in [5.41, 5.74) is 1.41. The highest BCUT2D eigenvalue weighted by molar-refractivity contribution is 6.38. The second-order valence-electron chi connectivity index (χ2n) is 5.77. The van der Waals surface area contributed by atoms with Crippen LogP contribution in [0.4, 0.5) is 0 Å². The monoisotopic (exact) mass is 304 g/mol. The Balaban J connectivity index is 1.71. The number of H-pyrrole nitrogens is 1. The van der Waals surface area contributed by atoms with Gasteiger partial charge in [-0.25, -0.2) is 0 Å². The molecule has 2 heterocycles. The minimum atomic E-state index is -0.00333. The molecule has 1 amide bonds. The van der Waals surface area contributed by atoms with Crippen LogP contribution < -0.4 is 0 Å². The molecule has 5 heteroatoms. The van der Waals surface area contributed by atoms with Gasteiger partial charge in [0.1, 0.15) is 5.69 Å². The summed E-state index contributed by atoms with van der Waals surface area (Å²) >= 11 is 6.40. The first kappa shape index (κ1) is 13.2. The lowest BCUT2D eigenvalue weighted by molar-refractivity contribution is -0.0446. The number of aromatic amines is 1. The van der Waals surface area contributed by atoms with E-state index < -0.39 is 0 Å². The third-order valence-corrected chi connectivity index (χ3v) is 4.99. The fraction of sp³-hybridized carbons (Fsp3) is 0.438. The van der Waals surface area contributed by atoms with Gasteiger partial charge in [0.15, 0.2) is 0 Å². The lowest BCUT2D eigenvalue weighted by atomic mass is 10.1. The normalized spacial score (nSPS) is 25.3. The third-order valence-electron chi connectivity index (χ3n) is 4.60. The van der Waals surface area contributed by atoms with Gasteiger partial charge in [0.05, 0.1) is 23.8 Å². The maximum absolute atomic E-state index is 12.9. The van der Waals surface area contributed by atoms with Gasteiger partial charge in [-0.15, -0.1) is 0 Å². The van der Waals surface area contributed by atoms with Gasteiger partial charge in [0.2, 0.25) is 0 Å². The predicted molar refractivity (Wildman–Crippen MR) is 81.7 cm³/mol. The van der Waals surface area contributed by atoms with Crippen LogP contribution in [0.15, 0.2) is 24.3 Å². The van der Waals surface area contributed by atoms with Crippen LogP contribution in [0.2, 0.25) is 5.02 Å². The molecule has 2 aromatic rings. The third kappa shape index (κ3) is 2.05. The van der Waals surface area contributed by atoms with E-state index in [1.165, 1.54) is 0 Å². The van der Waals surface area contributed by atoms with Gasteiger partial charge in [-0.05, 0) is 25.3 Å². The smallest absolute Gasteiger partial charge is 0.272 e. The zero-order valence-corrected chi connectivity index (χ0v) is 12.4. The van der Waals surface area contributed by atoms with Crippen molar-refractivity contribution in [1.82, 2.24) is 9.88 Å². The summed E-state index contributed by atoms with van der Waals surface area (Å²) in [5, 5.41) is 1.43. The number of morpholine rings is 1. The molecule has 2 aliphatic rings. The minimum Gasteiger partial charge on any atom is -0.374 e. The van der Waals surface area contributed by atoms with Crippen LogP contribution in [0.1, 0.15) is 29.8 Å². The molecule has 1 saturated heterocycles. The van der Waals surface area contributed by atoms with E-state index in [-0.39, 0.29) is 18.1 Å². The quantitative estimate of drug-likeness (QED) is 0.879. The SMILES string of the molecule is O=C(c1[nH]c2ccccc2c1Cl)N1CCO[C@@H]2CCC[C@@H]21. The Morgan fingerprint density at radius 1 is 1.33 bits per heavy atom. The van der Waals surface area contributed by atoms with Crippen molar-refractivity contribution in [2.75, 3.05) is 13.2 Å². The highest BCUT2D eigenvalue weighted by Gasteiger charge is 2.39. The topological polar surface area (TPSA) is 45.3 Å². The van der Waals surface area contributed by atoms with Crippen molar-refractivity contribution >= 4 is 28.4 Å². The first-order valence-corrected chi connectivity index (χ1v) is 7.82. The molecule has 0 radical (unpaired) electrons. The number of hydrogen-bond acceptors (Lipinski definition) is 2. The molecule has 1 aliphatic heterocycles. The lowest BCUT2D eigenvalue weighted by Gasteiger charge is -2.37. The first-order chi connectivity index (χ1) is 10.3. The molecule has 2 atom stereocenters. The molecule has 21 heavy (non-hydrogen) atoms. The van der Waals surface area contributed by atoms with E-state index in [4.69, 9.17) is 16.3 Å². The minimum absolute atomic E-state index is 0.00333. The van der Waals surface area contributed by atoms with Gasteiger partial charge in [-0.3, -0.25) is 4.79 Å². The first-order valence-electron chi connectivity index (χ1n) is 7.44. The number of carbonyl (C=O) groups is 1. The molecule has 1 N–H and O–H groups in total. The van der Waals surface area contributed by atoms with Gasteiger partial charge in [0.25, 0.3) is 5.91 Å². The van der Waals surface area contributed by atoms with Gasteiger partial charge < -0.3 is 14.6 Å². The van der Waals surface area contributed by atoms with Crippen molar-refractivity contribution in [3.63, 3.8) is 0 Å². The zero-order chi connectivity index (χ0) is 14.4. The standard InChI is InChI=1S/C16H17ClN2O2/c17-14-10-4-1-2-5-11(10)18-15(14)16(20)19-8-9-21-13-7-3-6-12(13)19/h1-2,4-5,12-13,18H,3,6-9H2/t12-,13+/m0/s1. The largest absolute Gasteiger partial charge is 0.374 e. The summed E-state index contributed by atoms with van der Waals surface area (Å²) in [6.07, 6.45) is 3.40. The van der Waals surface area contributed by atoms with E-state index in [0.29, 0.717) is 23.9 Å². The number of aromatic nitrogens is 1. The average molecular weight is 305 g/mol. The van der Waals surface area contributed by atoms with Crippen molar-refractivity contribution in [3.05, 3.63) is 35.0 Å². The molecule has 1 aromatic carbocycles. The number of nitrogens with one attached hydrogen (secondary N) is 1. The number of ether oxygens (including phenoxy) is 1. The number of amides is 1. The molecule has 1 aromatic heterocycles. The van der Waals surface area contributed by atoms with Gasteiger partial charge in [-0.1, -0.05) is 29.8 Å². The molecule has 0 bridgehead atoms. The summed E-state index contributed by atoms with van der Waals surface area (Å²) in [6.45, 7) is 1.26. The Morgan fingerprint density at radius 3 is 3.05 bits per heavy atom. The highest BCUT2D eigenvalue weighted by Crippen LogP contribution is 2.33. The number of benzene rings is 1. The number of nitrogens with zero attached hydrogens (tertiary/aromatic N) is 1. The van der Waals surface area contributed by atoms with Crippen LogP contribution in [0.3, 0.4) is 0 Å². The van der Waals surface area contributed by atoms with Crippen molar-refractivity contribution in [2.24, 2.45) is 0 Å². The molecule has 1 saturated carbocycles. The molecule has 2 fully saturated rings. The van der Waals surface area contributed by atoms with E-state index >= 15 is 0 Å². The highest BCUT2D eigenvalue weighted by atomic mass is 35.5. The van der Waals surface area contributed by atoms with Gasteiger partial charge in [0, 0.05) is 17.4 Å². The summed E-state index contributed by atoms with van der Waals surface area (Å²) in [5.74, 6) is -0.00333. The molecular formula is C16H17ClN2O2. The van der Waals surface area contributed by atoms with E-state index in [0.717, 1.165) is 30.2 Å². The van der Waals surface area contributed by atoms with E-state index in [9.17, 15) is 4.79 Å². The predicted octanol–water partition coefficient (Wildman–Crippen LogP) is 3.21. The molecule has 1 aliphatic carbocycles. The summed E-state index contributed by atoms with van der Waals surface area (Å²) in [6, 6.07) is 7.94. The number of rotatable bonds is 1. The molecule has 4 nitrogen and oxygen atoms in total. The van der Waals surface area contributed by atoms with Crippen LogP contribution in [0, 0.1) is 0 Å². The second kappa shape index (κ2) is 5.04. The fourth-order valence-corrected chi connectivity index (χ4v) is 3.87. The van der Waals surface area contributed by atoms with Crippen LogP contribution >= 0.6 is 11.6 Å². The molecule has 110 valence electrons. The Labute approximate surface area is 128 Å². The van der Waals surface area contributed by atoms with E-state index in [1.807, 2.05) is 29.2 Å². The maximum atomic E-state index is 12.9. The van der Waals surface area contributed by atoms with Crippen LogP contribution in [-0.2, 0) is 4.74 Å². The summed E-state index contributed by atoms with van der Waals surface area (Å²) < 4.78 is 5.77. The number of para-hydroxylation sites is 1. The number of hydrogen-bond donors (Lipinski definition) is 1. The van der Waals surface area contributed by atoms with Crippen molar-refractivity contribution in [3.8, 4) is 0 Å². The fourth-order valence-electron chi connectivity index (χ4n) is 3.58. The van der Waals surface area contributed by atoms with Crippen LogP contribution in [0.25, 0.3) is 10.9 Å². The maximum Gasteiger partial charge on any atom is 0.272 e. The summed E-state index contributed by atoms with van der Waals surface area (Å²) in [7, 11) is 0. The number of fused-ring (bicyclic) bond motifs is 2. The molecule has 0 unspecified atom stereocenters. The van der Waals surface area contributed by atoms with E-state index in [1.54, 1.807) is 0 Å². The molecule has 0 spiro atoms. The second-order valence-corrected chi connectivity index (χ2v) is 6.14. The Bertz CT molecular complexity index is 697. The van der Waals surface area contributed by atoms with Crippen molar-refractivity contribution < 1.29 is 9.53 Å². The lowest BCUT2D eigenvalue weighted by Crippen LogP contribution is -2.51. The Kier molecular flexibility index (Phi) is 3.16. The molecule has 4 rings (SSSR count). The van der Waals surface area contributed by atoms with Crippen LogP contribution in [0.5, 0.6) is 0 Å². The van der Waals surface area contributed by atoms with Gasteiger partial charge >= 0.3 is 0 Å². The summed E-state index contributed by atoms with van der Waals surface area (Å²) in [4.78, 5) is 18.0. The molecular weight excluding hydrogens is 288 g/mol. The van der Waals surface area contributed by atoms with Crippen molar-refractivity contribution in [2.45, 2.75) is 31.4 Å². The Morgan fingerprint density at radius 2 is 2.19 bits per heavy atom. The zero-order valence-electron chi connectivity index (χ0n) is 11.6. The van der Waals surface area contributed by atoms with Crippen molar-refractivity contribution in [1.29, 1.82) is 0 Å². The Hall–Kier alpha value is -1.52. The van der Waals surface area contributed by atoms with Crippen LogP contribution in [-0.4, -0.2) is 41.1 Å².